The Kier molecular flexibility index (Phi) is 4.19. The third kappa shape index (κ3) is 3.13. The van der Waals surface area contributed by atoms with Crippen LogP contribution in [-0.2, 0) is 11.2 Å². The second-order valence-corrected chi connectivity index (χ2v) is 6.49. The molecular formula is C16H24N6O. The molecule has 1 aliphatic carbocycles. The Hall–Kier alpha value is -2.18. The second-order valence-electron chi connectivity index (χ2n) is 6.49. The summed E-state index contributed by atoms with van der Waals surface area (Å²) in [4.78, 5) is 20.7. The second kappa shape index (κ2) is 6.14. The average Bonchev–Trinajstić information content (AvgIpc) is 2.76. The largest absolute Gasteiger partial charge is 0.366 e. The molecule has 3 rings (SSSR count). The number of carbonyl (C=O) groups excluding carboxylic acids is 1. The van der Waals surface area contributed by atoms with E-state index < -0.39 is 0 Å². The maximum Gasteiger partial charge on any atom is 0.254 e. The molecule has 7 heteroatoms. The van der Waals surface area contributed by atoms with E-state index in [1.165, 1.54) is 19.3 Å². The Morgan fingerprint density at radius 1 is 1.39 bits per heavy atom. The van der Waals surface area contributed by atoms with Crippen LogP contribution in [0, 0.1) is 19.8 Å². The molecule has 1 atom stereocenters. The minimum absolute atomic E-state index is 0.0985. The van der Waals surface area contributed by atoms with Crippen LogP contribution in [0.2, 0.25) is 0 Å². The van der Waals surface area contributed by atoms with Crippen LogP contribution in [0.5, 0.6) is 0 Å². The fourth-order valence-corrected chi connectivity index (χ4v) is 3.21. The van der Waals surface area contributed by atoms with Crippen LogP contribution in [0.25, 0.3) is 5.78 Å². The molecule has 0 spiro atoms. The van der Waals surface area contributed by atoms with Crippen molar-refractivity contribution in [2.45, 2.75) is 58.9 Å². The molecule has 0 aromatic carbocycles. The van der Waals surface area contributed by atoms with E-state index in [0.717, 1.165) is 17.0 Å². The van der Waals surface area contributed by atoms with E-state index in [9.17, 15) is 4.79 Å². The minimum Gasteiger partial charge on any atom is -0.366 e. The van der Waals surface area contributed by atoms with E-state index in [0.29, 0.717) is 24.5 Å². The van der Waals surface area contributed by atoms with Crippen LogP contribution < -0.4 is 11.1 Å². The number of amides is 1. The number of aromatic nitrogens is 4. The third-order valence-corrected chi connectivity index (χ3v) is 4.91. The molecule has 1 aliphatic rings. The van der Waals surface area contributed by atoms with Gasteiger partial charge in [-0.25, -0.2) is 4.98 Å². The zero-order valence-corrected chi connectivity index (χ0v) is 14.0. The lowest BCUT2D eigenvalue weighted by Gasteiger charge is -2.31. The number of nitrogen functional groups attached to an aromatic ring is 1. The number of rotatable bonds is 5. The van der Waals surface area contributed by atoms with Crippen LogP contribution in [0.3, 0.4) is 0 Å². The molecule has 2 heterocycles. The fraction of sp³-hybridized carbons (Fsp3) is 0.625. The van der Waals surface area contributed by atoms with Crippen molar-refractivity contribution in [3.05, 3.63) is 17.0 Å². The van der Waals surface area contributed by atoms with E-state index in [4.69, 9.17) is 5.73 Å². The summed E-state index contributed by atoms with van der Waals surface area (Å²) in [6, 6.07) is 0.272. The Bertz CT molecular complexity index is 734. The number of anilines is 1. The Labute approximate surface area is 135 Å². The number of nitrogens with two attached hydrogens (primary N) is 1. The van der Waals surface area contributed by atoms with Gasteiger partial charge in [0.25, 0.3) is 5.78 Å². The molecule has 124 valence electrons. The van der Waals surface area contributed by atoms with E-state index in [-0.39, 0.29) is 17.9 Å². The van der Waals surface area contributed by atoms with Gasteiger partial charge >= 0.3 is 0 Å². The summed E-state index contributed by atoms with van der Waals surface area (Å²) >= 11 is 0. The van der Waals surface area contributed by atoms with Gasteiger partial charge in [0.15, 0.2) is 0 Å². The van der Waals surface area contributed by atoms with Gasteiger partial charge in [0.2, 0.25) is 11.9 Å². The highest BCUT2D eigenvalue weighted by molar-refractivity contribution is 5.76. The summed E-state index contributed by atoms with van der Waals surface area (Å²) in [6.07, 6.45) is 4.84. The predicted molar refractivity (Wildman–Crippen MR) is 87.9 cm³/mol. The first kappa shape index (κ1) is 15.7. The highest BCUT2D eigenvalue weighted by atomic mass is 16.1. The number of nitrogens with zero attached hydrogens (tertiary/aromatic N) is 4. The van der Waals surface area contributed by atoms with Gasteiger partial charge in [-0.15, -0.1) is 5.10 Å². The fourth-order valence-electron chi connectivity index (χ4n) is 3.21. The van der Waals surface area contributed by atoms with E-state index in [1.807, 2.05) is 13.8 Å². The van der Waals surface area contributed by atoms with Gasteiger partial charge in [0.05, 0.1) is 0 Å². The quantitative estimate of drug-likeness (QED) is 0.872. The molecule has 1 amide bonds. The zero-order chi connectivity index (χ0) is 16.6. The molecule has 0 bridgehead atoms. The van der Waals surface area contributed by atoms with Crippen LogP contribution in [0.1, 0.15) is 49.6 Å². The van der Waals surface area contributed by atoms with Gasteiger partial charge in [-0.05, 0) is 51.5 Å². The smallest absolute Gasteiger partial charge is 0.254 e. The molecule has 1 fully saturated rings. The number of fused-ring (bicyclic) bond motifs is 1. The van der Waals surface area contributed by atoms with Crippen molar-refractivity contribution < 1.29 is 4.79 Å². The SMILES string of the molecule is Cc1nc2nc(N)nn2c(C)c1CCC(=O)NC(C)C1CCC1. The highest BCUT2D eigenvalue weighted by Crippen LogP contribution is 2.29. The van der Waals surface area contributed by atoms with E-state index >= 15 is 0 Å². The van der Waals surface area contributed by atoms with Crippen LogP contribution in [0.4, 0.5) is 5.95 Å². The van der Waals surface area contributed by atoms with Gasteiger partial charge in [0, 0.05) is 23.9 Å². The lowest BCUT2D eigenvalue weighted by molar-refractivity contribution is -0.122. The normalized spacial score (nSPS) is 16.3. The maximum atomic E-state index is 12.2. The summed E-state index contributed by atoms with van der Waals surface area (Å²) < 4.78 is 1.65. The average molecular weight is 316 g/mol. The number of hydrogen-bond acceptors (Lipinski definition) is 5. The molecule has 0 saturated heterocycles. The van der Waals surface area contributed by atoms with Crippen molar-refractivity contribution in [3.63, 3.8) is 0 Å². The van der Waals surface area contributed by atoms with Crippen molar-refractivity contribution >= 4 is 17.6 Å². The van der Waals surface area contributed by atoms with Gasteiger partial charge in [-0.3, -0.25) is 4.79 Å². The summed E-state index contributed by atoms with van der Waals surface area (Å²) in [5.74, 6) is 1.47. The van der Waals surface area contributed by atoms with Crippen LogP contribution in [0.15, 0.2) is 0 Å². The van der Waals surface area contributed by atoms with Crippen molar-refractivity contribution in [2.75, 3.05) is 5.73 Å². The number of nitrogens with one attached hydrogen (secondary N) is 1. The topological polar surface area (TPSA) is 98.2 Å². The van der Waals surface area contributed by atoms with E-state index in [2.05, 4.69) is 27.3 Å². The molecule has 0 aliphatic heterocycles. The van der Waals surface area contributed by atoms with Gasteiger partial charge in [-0.1, -0.05) is 6.42 Å². The number of aryl methyl sites for hydroxylation is 2. The molecule has 1 unspecified atom stereocenters. The predicted octanol–water partition coefficient (Wildman–Crippen LogP) is 1.56. The molecule has 2 aromatic rings. The Morgan fingerprint density at radius 2 is 2.13 bits per heavy atom. The first-order valence-corrected chi connectivity index (χ1v) is 8.23. The molecule has 1 saturated carbocycles. The monoisotopic (exact) mass is 316 g/mol. The van der Waals surface area contributed by atoms with Crippen molar-refractivity contribution in [3.8, 4) is 0 Å². The lowest BCUT2D eigenvalue weighted by atomic mass is 9.80. The molecular weight excluding hydrogens is 292 g/mol. The first-order chi connectivity index (χ1) is 11.0. The zero-order valence-electron chi connectivity index (χ0n) is 14.0. The summed E-state index contributed by atoms with van der Waals surface area (Å²) in [6.45, 7) is 5.99. The molecule has 0 radical (unpaired) electrons. The van der Waals surface area contributed by atoms with Gasteiger partial charge in [-0.2, -0.15) is 9.50 Å². The van der Waals surface area contributed by atoms with E-state index in [1.54, 1.807) is 4.52 Å². The molecule has 3 N–H and O–H groups in total. The minimum atomic E-state index is 0.0985. The van der Waals surface area contributed by atoms with Gasteiger partial charge < -0.3 is 11.1 Å². The van der Waals surface area contributed by atoms with Gasteiger partial charge in [0.1, 0.15) is 0 Å². The number of carbonyl (C=O) groups is 1. The maximum absolute atomic E-state index is 12.2. The Morgan fingerprint density at radius 3 is 2.78 bits per heavy atom. The molecule has 2 aromatic heterocycles. The van der Waals surface area contributed by atoms with Crippen molar-refractivity contribution in [1.82, 2.24) is 24.9 Å². The van der Waals surface area contributed by atoms with Crippen LogP contribution >= 0.6 is 0 Å². The first-order valence-electron chi connectivity index (χ1n) is 8.23. The molecule has 23 heavy (non-hydrogen) atoms. The van der Waals surface area contributed by atoms with Crippen LogP contribution in [-0.4, -0.2) is 31.5 Å². The lowest BCUT2D eigenvalue weighted by Crippen LogP contribution is -2.40. The summed E-state index contributed by atoms with van der Waals surface area (Å²) in [5.41, 5.74) is 8.49. The number of hydrogen-bond donors (Lipinski definition) is 2. The highest BCUT2D eigenvalue weighted by Gasteiger charge is 2.25. The van der Waals surface area contributed by atoms with Crippen molar-refractivity contribution in [2.24, 2.45) is 5.92 Å². The molecule has 7 nitrogen and oxygen atoms in total. The van der Waals surface area contributed by atoms with Crippen molar-refractivity contribution in [1.29, 1.82) is 0 Å². The third-order valence-electron chi connectivity index (χ3n) is 4.91. The summed E-state index contributed by atoms with van der Waals surface area (Å²) in [7, 11) is 0. The summed E-state index contributed by atoms with van der Waals surface area (Å²) in [5, 5.41) is 7.27. The Balaban J connectivity index is 1.67. The standard InChI is InChI=1S/C16H24N6O/c1-9(12-5-4-6-12)18-14(23)8-7-13-10(2)19-16-20-15(17)21-22(16)11(13)3/h9,12H,4-8H2,1-3H3,(H2,17,21)(H,18,23).